The lowest BCUT2D eigenvalue weighted by Crippen LogP contribution is -2.34. The lowest BCUT2D eigenvalue weighted by molar-refractivity contribution is -0.137. The molecule has 0 bridgehead atoms. The maximum Gasteiger partial charge on any atom is 0.416 e. The van der Waals surface area contributed by atoms with E-state index in [4.69, 9.17) is 0 Å². The Bertz CT molecular complexity index is 611. The smallest absolute Gasteiger partial charge is 0.315 e. The van der Waals surface area contributed by atoms with Crippen LogP contribution in [0.15, 0.2) is 27.6 Å². The van der Waals surface area contributed by atoms with E-state index in [2.05, 4.69) is 21.2 Å². The van der Waals surface area contributed by atoms with Gasteiger partial charge in [0.25, 0.3) is 0 Å². The maximum atomic E-state index is 12.8. The number of rotatable bonds is 2. The van der Waals surface area contributed by atoms with Gasteiger partial charge in [-0.15, -0.1) is 0 Å². The van der Waals surface area contributed by atoms with Crippen LogP contribution in [-0.4, -0.2) is 38.9 Å². The highest BCUT2D eigenvalue weighted by molar-refractivity contribution is 9.10. The Labute approximate surface area is 129 Å². The Kier molecular flexibility index (Phi) is 4.96. The van der Waals surface area contributed by atoms with Crippen molar-refractivity contribution in [3.8, 4) is 0 Å². The van der Waals surface area contributed by atoms with E-state index in [0.29, 0.717) is 32.1 Å². The zero-order valence-corrected chi connectivity index (χ0v) is 13.4. The number of benzene rings is 1. The van der Waals surface area contributed by atoms with Crippen LogP contribution in [0.1, 0.15) is 12.0 Å². The van der Waals surface area contributed by atoms with Crippen molar-refractivity contribution < 1.29 is 21.6 Å². The molecular weight excluding hydrogens is 373 g/mol. The summed E-state index contributed by atoms with van der Waals surface area (Å²) >= 11 is 2.94. The highest BCUT2D eigenvalue weighted by Gasteiger charge is 2.33. The zero-order chi connectivity index (χ0) is 15.7. The second kappa shape index (κ2) is 6.23. The van der Waals surface area contributed by atoms with Crippen LogP contribution in [0.3, 0.4) is 0 Å². The third kappa shape index (κ3) is 3.97. The van der Waals surface area contributed by atoms with Gasteiger partial charge in [0.1, 0.15) is 0 Å². The van der Waals surface area contributed by atoms with E-state index in [-0.39, 0.29) is 15.9 Å². The van der Waals surface area contributed by atoms with Crippen molar-refractivity contribution in [3.63, 3.8) is 0 Å². The Balaban J connectivity index is 2.42. The minimum Gasteiger partial charge on any atom is -0.315 e. The molecule has 1 fully saturated rings. The molecule has 21 heavy (non-hydrogen) atoms. The highest BCUT2D eigenvalue weighted by atomic mass is 79.9. The van der Waals surface area contributed by atoms with Crippen LogP contribution in [-0.2, 0) is 16.2 Å². The number of hydrogen-bond acceptors (Lipinski definition) is 3. The molecule has 118 valence electrons. The largest absolute Gasteiger partial charge is 0.416 e. The molecule has 0 aliphatic carbocycles. The Hall–Kier alpha value is -0.640. The second-order valence-electron chi connectivity index (χ2n) is 4.68. The van der Waals surface area contributed by atoms with Crippen LogP contribution < -0.4 is 5.32 Å². The monoisotopic (exact) mass is 386 g/mol. The number of sulfonamides is 1. The van der Waals surface area contributed by atoms with Crippen LogP contribution in [0.5, 0.6) is 0 Å². The molecule has 0 unspecified atom stereocenters. The van der Waals surface area contributed by atoms with Crippen molar-refractivity contribution in [1.82, 2.24) is 9.62 Å². The molecule has 1 aliphatic heterocycles. The first-order valence-electron chi connectivity index (χ1n) is 6.30. The lowest BCUT2D eigenvalue weighted by Gasteiger charge is -2.20. The molecule has 1 aliphatic rings. The molecule has 0 radical (unpaired) electrons. The molecule has 1 heterocycles. The average Bonchev–Trinajstić information content (AvgIpc) is 2.66. The summed E-state index contributed by atoms with van der Waals surface area (Å²) in [4.78, 5) is -0.342. The number of nitrogens with one attached hydrogen (secondary N) is 1. The summed E-state index contributed by atoms with van der Waals surface area (Å²) in [5, 5.41) is 3.05. The Morgan fingerprint density at radius 1 is 1.14 bits per heavy atom. The van der Waals surface area contributed by atoms with E-state index in [1.165, 1.54) is 10.4 Å². The first-order chi connectivity index (χ1) is 9.71. The van der Waals surface area contributed by atoms with Crippen LogP contribution in [0.25, 0.3) is 0 Å². The molecular formula is C12H14BrF3N2O2S. The molecule has 0 aromatic heterocycles. The van der Waals surface area contributed by atoms with Crippen molar-refractivity contribution in [3.05, 3.63) is 28.2 Å². The summed E-state index contributed by atoms with van der Waals surface area (Å²) in [5.74, 6) is 0. The number of halogens is 4. The molecule has 1 saturated heterocycles. The van der Waals surface area contributed by atoms with Crippen molar-refractivity contribution in [2.75, 3.05) is 26.2 Å². The van der Waals surface area contributed by atoms with Crippen molar-refractivity contribution in [2.24, 2.45) is 0 Å². The molecule has 1 aromatic rings. The Morgan fingerprint density at radius 3 is 2.52 bits per heavy atom. The fourth-order valence-corrected chi connectivity index (χ4v) is 4.28. The third-order valence-corrected chi connectivity index (χ3v) is 5.47. The lowest BCUT2D eigenvalue weighted by atomic mass is 10.2. The summed E-state index contributed by atoms with van der Waals surface area (Å²) in [6.45, 7) is 1.72. The van der Waals surface area contributed by atoms with E-state index < -0.39 is 21.8 Å². The predicted octanol–water partition coefficient (Wildman–Crippen LogP) is 2.45. The number of hydrogen-bond donors (Lipinski definition) is 1. The fraction of sp³-hybridized carbons (Fsp3) is 0.500. The fourth-order valence-electron chi connectivity index (χ4n) is 2.09. The van der Waals surface area contributed by atoms with E-state index in [1.54, 1.807) is 0 Å². The highest BCUT2D eigenvalue weighted by Crippen LogP contribution is 2.33. The van der Waals surface area contributed by atoms with Gasteiger partial charge in [0, 0.05) is 24.1 Å². The topological polar surface area (TPSA) is 49.4 Å². The number of alkyl halides is 3. The van der Waals surface area contributed by atoms with Gasteiger partial charge in [-0.2, -0.15) is 17.5 Å². The van der Waals surface area contributed by atoms with Crippen molar-refractivity contribution in [1.29, 1.82) is 0 Å². The maximum absolute atomic E-state index is 12.8. The molecule has 4 nitrogen and oxygen atoms in total. The molecule has 0 saturated carbocycles. The molecule has 1 N–H and O–H groups in total. The van der Waals surface area contributed by atoms with Crippen LogP contribution >= 0.6 is 15.9 Å². The minimum atomic E-state index is -4.59. The average molecular weight is 387 g/mol. The first-order valence-corrected chi connectivity index (χ1v) is 8.53. The van der Waals surface area contributed by atoms with Gasteiger partial charge in [-0.1, -0.05) is 15.9 Å². The summed E-state index contributed by atoms with van der Waals surface area (Å²) < 4.78 is 64.7. The van der Waals surface area contributed by atoms with E-state index in [9.17, 15) is 21.6 Å². The summed E-state index contributed by atoms with van der Waals surface area (Å²) in [5.41, 5.74) is -0.983. The van der Waals surface area contributed by atoms with Gasteiger partial charge in [0.05, 0.1) is 10.5 Å². The standard InChI is InChI=1S/C12H14BrF3N2O2S/c13-10-6-9(12(14,15)16)7-11(8-10)21(19,20)18-4-1-2-17-3-5-18/h6-8,17H,1-5H2. The van der Waals surface area contributed by atoms with E-state index in [1.807, 2.05) is 0 Å². The van der Waals surface area contributed by atoms with Gasteiger partial charge in [-0.3, -0.25) is 0 Å². The second-order valence-corrected chi connectivity index (χ2v) is 7.53. The summed E-state index contributed by atoms with van der Waals surface area (Å²) in [6, 6.07) is 2.74. The van der Waals surface area contributed by atoms with Crippen molar-refractivity contribution in [2.45, 2.75) is 17.5 Å². The minimum absolute atomic E-state index is 0.0869. The van der Waals surface area contributed by atoms with Crippen LogP contribution in [0.2, 0.25) is 0 Å². The third-order valence-electron chi connectivity index (χ3n) is 3.14. The molecule has 0 atom stereocenters. The van der Waals surface area contributed by atoms with Gasteiger partial charge in [-0.25, -0.2) is 8.42 Å². The Morgan fingerprint density at radius 2 is 1.86 bits per heavy atom. The van der Waals surface area contributed by atoms with E-state index in [0.717, 1.165) is 6.07 Å². The van der Waals surface area contributed by atoms with Gasteiger partial charge in [0.15, 0.2) is 0 Å². The molecule has 9 heteroatoms. The molecule has 0 spiro atoms. The first kappa shape index (κ1) is 16.7. The predicted molar refractivity (Wildman–Crippen MR) is 75.4 cm³/mol. The van der Waals surface area contributed by atoms with Gasteiger partial charge in [-0.05, 0) is 31.2 Å². The van der Waals surface area contributed by atoms with Crippen LogP contribution in [0, 0.1) is 0 Å². The number of nitrogens with zero attached hydrogens (tertiary/aromatic N) is 1. The molecule has 2 rings (SSSR count). The summed E-state index contributed by atoms with van der Waals surface area (Å²) in [7, 11) is -3.93. The zero-order valence-electron chi connectivity index (χ0n) is 11.0. The van der Waals surface area contributed by atoms with Crippen LogP contribution in [0.4, 0.5) is 13.2 Å². The summed E-state index contributed by atoms with van der Waals surface area (Å²) in [6.07, 6.45) is -3.96. The quantitative estimate of drug-likeness (QED) is 0.849. The normalized spacial score (nSPS) is 18.5. The molecule has 0 amide bonds. The van der Waals surface area contributed by atoms with Gasteiger partial charge >= 0.3 is 6.18 Å². The molecule has 1 aromatic carbocycles. The van der Waals surface area contributed by atoms with Gasteiger partial charge in [0.2, 0.25) is 10.0 Å². The van der Waals surface area contributed by atoms with Gasteiger partial charge < -0.3 is 5.32 Å². The van der Waals surface area contributed by atoms with Crippen molar-refractivity contribution >= 4 is 26.0 Å². The SMILES string of the molecule is O=S(=O)(c1cc(Br)cc(C(F)(F)F)c1)N1CCCNCC1. The van der Waals surface area contributed by atoms with E-state index >= 15 is 0 Å².